The Morgan fingerprint density at radius 1 is 1.00 bits per heavy atom. The van der Waals surface area contributed by atoms with Crippen molar-refractivity contribution in [2.24, 2.45) is 0 Å². The first-order chi connectivity index (χ1) is 9.66. The van der Waals surface area contributed by atoms with Gasteiger partial charge in [0, 0.05) is 10.6 Å². The molecule has 3 aromatic rings. The van der Waals surface area contributed by atoms with Crippen LogP contribution in [0.1, 0.15) is 11.1 Å². The summed E-state index contributed by atoms with van der Waals surface area (Å²) in [6.45, 7) is 4.05. The molecule has 0 fully saturated rings. The number of aryl methyl sites for hydroxylation is 2. The maximum absolute atomic E-state index is 6.20. The van der Waals surface area contributed by atoms with Gasteiger partial charge in [0.25, 0.3) is 0 Å². The monoisotopic (exact) mass is 283 g/mol. The molecule has 4 heteroatoms. The highest BCUT2D eigenvalue weighted by atomic mass is 35.5. The smallest absolute Gasteiger partial charge is 0.163 e. The minimum atomic E-state index is 0.730. The number of nitrogens with zero attached hydrogens (tertiary/aromatic N) is 3. The number of rotatable bonds is 2. The summed E-state index contributed by atoms with van der Waals surface area (Å²) < 4.78 is 1.81. The van der Waals surface area contributed by atoms with E-state index in [4.69, 9.17) is 11.6 Å². The second-order valence-corrected chi connectivity index (χ2v) is 5.15. The van der Waals surface area contributed by atoms with Gasteiger partial charge >= 0.3 is 0 Å². The Balaban J connectivity index is 2.15. The van der Waals surface area contributed by atoms with Crippen LogP contribution in [0.3, 0.4) is 0 Å². The van der Waals surface area contributed by atoms with Crippen molar-refractivity contribution < 1.29 is 0 Å². The van der Waals surface area contributed by atoms with E-state index in [2.05, 4.69) is 23.1 Å². The molecular formula is C16H14ClN3. The maximum Gasteiger partial charge on any atom is 0.163 e. The Bertz CT molecular complexity index is 762. The van der Waals surface area contributed by atoms with Crippen molar-refractivity contribution in [1.82, 2.24) is 14.8 Å². The molecule has 100 valence electrons. The second kappa shape index (κ2) is 5.10. The normalized spacial score (nSPS) is 10.8. The zero-order chi connectivity index (χ0) is 14.1. The van der Waals surface area contributed by atoms with Crippen LogP contribution in [0.15, 0.2) is 48.8 Å². The van der Waals surface area contributed by atoms with E-state index in [1.54, 1.807) is 6.33 Å². The van der Waals surface area contributed by atoms with Crippen molar-refractivity contribution in [2.45, 2.75) is 13.8 Å². The molecule has 0 aliphatic rings. The van der Waals surface area contributed by atoms with Gasteiger partial charge in [-0.25, -0.2) is 9.67 Å². The zero-order valence-electron chi connectivity index (χ0n) is 11.3. The van der Waals surface area contributed by atoms with Crippen molar-refractivity contribution in [3.05, 3.63) is 64.9 Å². The lowest BCUT2D eigenvalue weighted by molar-refractivity contribution is 0.886. The Morgan fingerprint density at radius 2 is 1.80 bits per heavy atom. The molecule has 20 heavy (non-hydrogen) atoms. The van der Waals surface area contributed by atoms with Crippen molar-refractivity contribution in [3.63, 3.8) is 0 Å². The van der Waals surface area contributed by atoms with Gasteiger partial charge in [-0.05, 0) is 37.1 Å². The Morgan fingerprint density at radius 3 is 2.55 bits per heavy atom. The quantitative estimate of drug-likeness (QED) is 0.705. The molecule has 0 radical (unpaired) electrons. The van der Waals surface area contributed by atoms with Gasteiger partial charge in [-0.1, -0.05) is 41.9 Å². The first kappa shape index (κ1) is 12.9. The summed E-state index contributed by atoms with van der Waals surface area (Å²) in [5.74, 6) is 0.822. The van der Waals surface area contributed by atoms with E-state index in [0.717, 1.165) is 27.7 Å². The lowest BCUT2D eigenvalue weighted by atomic mass is 10.1. The van der Waals surface area contributed by atoms with Gasteiger partial charge in [0.05, 0.1) is 5.69 Å². The largest absolute Gasteiger partial charge is 0.215 e. The third-order valence-corrected chi connectivity index (χ3v) is 3.74. The summed E-state index contributed by atoms with van der Waals surface area (Å²) >= 11 is 6.20. The van der Waals surface area contributed by atoms with Crippen molar-refractivity contribution in [3.8, 4) is 17.1 Å². The third kappa shape index (κ3) is 2.21. The number of halogens is 1. The summed E-state index contributed by atoms with van der Waals surface area (Å²) in [5.41, 5.74) is 4.20. The highest BCUT2D eigenvalue weighted by Gasteiger charge is 2.11. The van der Waals surface area contributed by atoms with Gasteiger partial charge in [0.15, 0.2) is 5.82 Å². The van der Waals surface area contributed by atoms with Crippen LogP contribution in [0, 0.1) is 13.8 Å². The average molecular weight is 284 g/mol. The molecule has 3 rings (SSSR count). The van der Waals surface area contributed by atoms with Crippen LogP contribution < -0.4 is 0 Å². The summed E-state index contributed by atoms with van der Waals surface area (Å²) in [5, 5.41) is 5.05. The fraction of sp³-hybridized carbons (Fsp3) is 0.125. The summed E-state index contributed by atoms with van der Waals surface area (Å²) in [6.07, 6.45) is 1.57. The van der Waals surface area contributed by atoms with E-state index in [1.165, 1.54) is 5.56 Å². The van der Waals surface area contributed by atoms with Crippen LogP contribution in [-0.4, -0.2) is 14.8 Å². The van der Waals surface area contributed by atoms with Gasteiger partial charge < -0.3 is 0 Å². The van der Waals surface area contributed by atoms with Crippen molar-refractivity contribution >= 4 is 11.6 Å². The number of hydrogen-bond acceptors (Lipinski definition) is 2. The van der Waals surface area contributed by atoms with E-state index in [9.17, 15) is 0 Å². The predicted octanol–water partition coefficient (Wildman–Crippen LogP) is 4.20. The summed E-state index contributed by atoms with van der Waals surface area (Å²) in [4.78, 5) is 4.38. The highest BCUT2D eigenvalue weighted by molar-refractivity contribution is 6.31. The number of benzene rings is 2. The SMILES string of the molecule is Cc1ccc(-n2ncnc2-c2ccccc2C)cc1Cl. The molecular weight excluding hydrogens is 270 g/mol. The molecule has 0 saturated carbocycles. The van der Waals surface area contributed by atoms with Gasteiger partial charge in [0.1, 0.15) is 6.33 Å². The molecule has 0 amide bonds. The summed E-state index contributed by atoms with van der Waals surface area (Å²) in [6, 6.07) is 14.0. The van der Waals surface area contributed by atoms with E-state index >= 15 is 0 Å². The molecule has 0 aliphatic heterocycles. The van der Waals surface area contributed by atoms with Gasteiger partial charge in [-0.15, -0.1) is 0 Å². The number of hydrogen-bond donors (Lipinski definition) is 0. The summed E-state index contributed by atoms with van der Waals surface area (Å²) in [7, 11) is 0. The van der Waals surface area contributed by atoms with E-state index in [1.807, 2.05) is 48.0 Å². The van der Waals surface area contributed by atoms with E-state index in [-0.39, 0.29) is 0 Å². The molecule has 0 spiro atoms. The Kier molecular flexibility index (Phi) is 3.28. The highest BCUT2D eigenvalue weighted by Crippen LogP contribution is 2.25. The first-order valence-electron chi connectivity index (χ1n) is 6.39. The van der Waals surface area contributed by atoms with Gasteiger partial charge in [-0.2, -0.15) is 5.10 Å². The third-order valence-electron chi connectivity index (χ3n) is 3.33. The molecule has 1 aromatic heterocycles. The molecule has 0 aliphatic carbocycles. The first-order valence-corrected chi connectivity index (χ1v) is 6.77. The standard InChI is InChI=1S/C16H14ClN3/c1-11-5-3-4-6-14(11)16-18-10-19-20(16)13-8-7-12(2)15(17)9-13/h3-10H,1-2H3. The predicted molar refractivity (Wildman–Crippen MR) is 81.3 cm³/mol. The lowest BCUT2D eigenvalue weighted by Crippen LogP contribution is -2.00. The molecule has 0 bridgehead atoms. The average Bonchev–Trinajstić information content (AvgIpc) is 2.91. The molecule has 1 heterocycles. The fourth-order valence-electron chi connectivity index (χ4n) is 2.15. The fourth-order valence-corrected chi connectivity index (χ4v) is 2.33. The van der Waals surface area contributed by atoms with Crippen LogP contribution >= 0.6 is 11.6 Å². The van der Waals surface area contributed by atoms with Crippen molar-refractivity contribution in [1.29, 1.82) is 0 Å². The molecule has 0 unspecified atom stereocenters. The Hall–Kier alpha value is -2.13. The lowest BCUT2D eigenvalue weighted by Gasteiger charge is -2.09. The molecule has 0 atom stereocenters. The van der Waals surface area contributed by atoms with Crippen LogP contribution in [0.5, 0.6) is 0 Å². The second-order valence-electron chi connectivity index (χ2n) is 4.74. The number of aromatic nitrogens is 3. The minimum Gasteiger partial charge on any atom is -0.215 e. The Labute approximate surface area is 122 Å². The van der Waals surface area contributed by atoms with Gasteiger partial charge in [-0.3, -0.25) is 0 Å². The molecule has 0 N–H and O–H groups in total. The van der Waals surface area contributed by atoms with E-state index < -0.39 is 0 Å². The van der Waals surface area contributed by atoms with Crippen LogP contribution in [0.4, 0.5) is 0 Å². The minimum absolute atomic E-state index is 0.730. The van der Waals surface area contributed by atoms with Crippen LogP contribution in [-0.2, 0) is 0 Å². The molecule has 3 nitrogen and oxygen atoms in total. The van der Waals surface area contributed by atoms with Crippen molar-refractivity contribution in [2.75, 3.05) is 0 Å². The van der Waals surface area contributed by atoms with Crippen LogP contribution in [0.25, 0.3) is 17.1 Å². The maximum atomic E-state index is 6.20. The zero-order valence-corrected chi connectivity index (χ0v) is 12.1. The van der Waals surface area contributed by atoms with Crippen LogP contribution in [0.2, 0.25) is 5.02 Å². The van der Waals surface area contributed by atoms with Gasteiger partial charge in [0.2, 0.25) is 0 Å². The topological polar surface area (TPSA) is 30.7 Å². The molecule has 0 saturated heterocycles. The van der Waals surface area contributed by atoms with E-state index in [0.29, 0.717) is 0 Å². The molecule has 2 aromatic carbocycles.